The minimum atomic E-state index is -1.56. The number of hydrogen-bond donors (Lipinski definition) is 1. The maximum Gasteiger partial charge on any atom is 0.577 e. The zero-order valence-electron chi connectivity index (χ0n) is 13.8. The van der Waals surface area contributed by atoms with E-state index < -0.39 is 9.53 Å². The molecule has 0 aromatic rings. The fraction of sp³-hybridized carbons (Fsp3) is 1.00. The van der Waals surface area contributed by atoms with E-state index in [1.165, 1.54) is 0 Å². The second kappa shape index (κ2) is 14.0. The van der Waals surface area contributed by atoms with Gasteiger partial charge in [0.05, 0.1) is 0 Å². The van der Waals surface area contributed by atoms with Gasteiger partial charge in [0.1, 0.15) is 0 Å². The van der Waals surface area contributed by atoms with Crippen LogP contribution in [-0.4, -0.2) is 35.4 Å². The molecule has 0 saturated carbocycles. The molecular weight excluding hydrogens is 270 g/mol. The molecule has 2 N–H and O–H groups in total. The van der Waals surface area contributed by atoms with Crippen LogP contribution in [0.4, 0.5) is 0 Å². The van der Waals surface area contributed by atoms with Crippen molar-refractivity contribution in [3.63, 3.8) is 0 Å². The average molecular weight is 305 g/mol. The van der Waals surface area contributed by atoms with Gasteiger partial charge in [-0.2, -0.15) is 0 Å². The standard InChI is InChI=1S/C15H34NO3Si/c1-5-8-11-17-20(18-12-9-6-2)19-13-10-14(4)15(16)7-3/h14-15H,5-13,16H2,1-4H3. The minimum Gasteiger partial charge on any atom is -0.371 e. The van der Waals surface area contributed by atoms with Crippen LogP contribution in [0, 0.1) is 5.92 Å². The highest BCUT2D eigenvalue weighted by molar-refractivity contribution is 6.36. The summed E-state index contributed by atoms with van der Waals surface area (Å²) in [5.41, 5.74) is 6.02. The molecule has 0 aromatic carbocycles. The molecule has 0 aromatic heterocycles. The maximum atomic E-state index is 6.02. The van der Waals surface area contributed by atoms with Crippen LogP contribution in [0.25, 0.3) is 0 Å². The normalized spacial score (nSPS) is 14.7. The first-order chi connectivity index (χ1) is 9.65. The number of nitrogens with two attached hydrogens (primary N) is 1. The van der Waals surface area contributed by atoms with E-state index in [4.69, 9.17) is 19.0 Å². The monoisotopic (exact) mass is 304 g/mol. The van der Waals surface area contributed by atoms with Crippen LogP contribution in [0.3, 0.4) is 0 Å². The summed E-state index contributed by atoms with van der Waals surface area (Å²) in [6, 6.07) is 0.260. The van der Waals surface area contributed by atoms with Gasteiger partial charge in [0.15, 0.2) is 0 Å². The molecule has 5 heteroatoms. The third-order valence-electron chi connectivity index (χ3n) is 3.43. The largest absolute Gasteiger partial charge is 0.577 e. The Kier molecular flexibility index (Phi) is 14.1. The van der Waals surface area contributed by atoms with Gasteiger partial charge in [-0.05, 0) is 31.6 Å². The Bertz CT molecular complexity index is 198. The Labute approximate surface area is 127 Å². The summed E-state index contributed by atoms with van der Waals surface area (Å²) in [5.74, 6) is 0.481. The molecule has 4 nitrogen and oxygen atoms in total. The van der Waals surface area contributed by atoms with E-state index in [0.29, 0.717) is 12.5 Å². The van der Waals surface area contributed by atoms with E-state index in [-0.39, 0.29) is 6.04 Å². The topological polar surface area (TPSA) is 53.7 Å². The van der Waals surface area contributed by atoms with Crippen molar-refractivity contribution in [2.45, 2.75) is 72.3 Å². The van der Waals surface area contributed by atoms with Crippen molar-refractivity contribution in [1.82, 2.24) is 0 Å². The lowest BCUT2D eigenvalue weighted by Gasteiger charge is -2.20. The first kappa shape index (κ1) is 20.1. The predicted octanol–water partition coefficient (Wildman–Crippen LogP) is 3.38. The van der Waals surface area contributed by atoms with Crippen LogP contribution in [0.15, 0.2) is 0 Å². The van der Waals surface area contributed by atoms with E-state index in [1.807, 2.05) is 0 Å². The first-order valence-corrected chi connectivity index (χ1v) is 9.38. The Morgan fingerprint density at radius 2 is 1.40 bits per heavy atom. The molecule has 0 bridgehead atoms. The Balaban J connectivity index is 3.88. The van der Waals surface area contributed by atoms with Crippen molar-refractivity contribution < 1.29 is 13.3 Å². The van der Waals surface area contributed by atoms with Crippen LogP contribution >= 0.6 is 0 Å². The van der Waals surface area contributed by atoms with Gasteiger partial charge < -0.3 is 19.0 Å². The third kappa shape index (κ3) is 10.8. The number of rotatable bonds is 14. The van der Waals surface area contributed by atoms with Gasteiger partial charge in [-0.25, -0.2) is 0 Å². The van der Waals surface area contributed by atoms with Crippen LogP contribution in [0.1, 0.15) is 66.2 Å². The predicted molar refractivity (Wildman–Crippen MR) is 85.5 cm³/mol. The molecule has 0 heterocycles. The van der Waals surface area contributed by atoms with Crippen molar-refractivity contribution in [3.8, 4) is 0 Å². The molecule has 2 unspecified atom stereocenters. The Morgan fingerprint density at radius 1 is 0.900 bits per heavy atom. The molecule has 0 fully saturated rings. The van der Waals surface area contributed by atoms with E-state index >= 15 is 0 Å². The molecule has 20 heavy (non-hydrogen) atoms. The van der Waals surface area contributed by atoms with Gasteiger partial charge in [-0.15, -0.1) is 0 Å². The van der Waals surface area contributed by atoms with Crippen LogP contribution < -0.4 is 5.73 Å². The maximum absolute atomic E-state index is 6.02. The summed E-state index contributed by atoms with van der Waals surface area (Å²) < 4.78 is 17.3. The lowest BCUT2D eigenvalue weighted by atomic mass is 9.98. The van der Waals surface area contributed by atoms with Crippen LogP contribution in [0.5, 0.6) is 0 Å². The van der Waals surface area contributed by atoms with E-state index in [9.17, 15) is 0 Å². The molecule has 0 rings (SSSR count). The zero-order chi connectivity index (χ0) is 15.2. The molecular formula is C15H34NO3Si. The van der Waals surface area contributed by atoms with E-state index in [1.54, 1.807) is 0 Å². The van der Waals surface area contributed by atoms with Crippen molar-refractivity contribution in [2.24, 2.45) is 11.7 Å². The third-order valence-corrected chi connectivity index (χ3v) is 4.75. The molecule has 2 atom stereocenters. The fourth-order valence-electron chi connectivity index (χ4n) is 1.67. The first-order valence-electron chi connectivity index (χ1n) is 8.16. The molecule has 0 saturated heterocycles. The summed E-state index contributed by atoms with van der Waals surface area (Å²) in [5, 5.41) is 0. The molecule has 0 amide bonds. The second-order valence-corrected chi connectivity index (χ2v) is 6.71. The number of hydrogen-bond acceptors (Lipinski definition) is 4. The molecule has 1 radical (unpaired) electrons. The smallest absolute Gasteiger partial charge is 0.371 e. The summed E-state index contributed by atoms with van der Waals surface area (Å²) in [7, 11) is -1.56. The summed E-state index contributed by atoms with van der Waals surface area (Å²) in [4.78, 5) is 0. The van der Waals surface area contributed by atoms with Gasteiger partial charge in [-0.3, -0.25) is 0 Å². The lowest BCUT2D eigenvalue weighted by Crippen LogP contribution is -2.32. The van der Waals surface area contributed by atoms with Gasteiger partial charge in [0.2, 0.25) is 0 Å². The SMILES string of the molecule is CCCCO[Si](OCCCC)OCCC(C)C(N)CC. The summed E-state index contributed by atoms with van der Waals surface area (Å²) in [6.45, 7) is 10.8. The molecule has 0 aliphatic heterocycles. The van der Waals surface area contributed by atoms with Gasteiger partial charge in [0, 0.05) is 25.9 Å². The zero-order valence-corrected chi connectivity index (χ0v) is 14.8. The van der Waals surface area contributed by atoms with Crippen molar-refractivity contribution in [1.29, 1.82) is 0 Å². The van der Waals surface area contributed by atoms with Crippen molar-refractivity contribution in [2.75, 3.05) is 19.8 Å². The highest BCUT2D eigenvalue weighted by atomic mass is 28.3. The lowest BCUT2D eigenvalue weighted by molar-refractivity contribution is 0.0857. The highest BCUT2D eigenvalue weighted by Crippen LogP contribution is 2.10. The molecule has 121 valence electrons. The second-order valence-electron chi connectivity index (χ2n) is 5.34. The Hall–Kier alpha value is 0.0569. The highest BCUT2D eigenvalue weighted by Gasteiger charge is 2.20. The molecule has 0 aliphatic carbocycles. The molecule has 0 spiro atoms. The van der Waals surface area contributed by atoms with Crippen molar-refractivity contribution in [3.05, 3.63) is 0 Å². The van der Waals surface area contributed by atoms with E-state index in [2.05, 4.69) is 27.7 Å². The number of unbranched alkanes of at least 4 members (excludes halogenated alkanes) is 2. The summed E-state index contributed by atoms with van der Waals surface area (Å²) >= 11 is 0. The van der Waals surface area contributed by atoms with Crippen LogP contribution in [-0.2, 0) is 13.3 Å². The van der Waals surface area contributed by atoms with Crippen LogP contribution in [0.2, 0.25) is 0 Å². The van der Waals surface area contributed by atoms with Crippen molar-refractivity contribution >= 4 is 9.53 Å². The average Bonchev–Trinajstić information content (AvgIpc) is 2.46. The minimum absolute atomic E-state index is 0.260. The quantitative estimate of drug-likeness (QED) is 0.395. The summed E-state index contributed by atoms with van der Waals surface area (Å²) in [6.07, 6.45) is 6.37. The van der Waals surface area contributed by atoms with E-state index in [0.717, 1.165) is 51.7 Å². The Morgan fingerprint density at radius 3 is 1.85 bits per heavy atom. The van der Waals surface area contributed by atoms with Gasteiger partial charge in [-0.1, -0.05) is 40.5 Å². The fourth-order valence-corrected chi connectivity index (χ4v) is 2.83. The van der Waals surface area contributed by atoms with Gasteiger partial charge in [0.25, 0.3) is 0 Å². The van der Waals surface area contributed by atoms with Gasteiger partial charge >= 0.3 is 9.53 Å². The molecule has 0 aliphatic rings.